The Labute approximate surface area is 84.8 Å². The molecule has 0 spiro atoms. The zero-order valence-electron chi connectivity index (χ0n) is 8.69. The summed E-state index contributed by atoms with van der Waals surface area (Å²) in [4.78, 5) is 0. The summed E-state index contributed by atoms with van der Waals surface area (Å²) in [6.45, 7) is 5.89. The maximum Gasteiger partial charge on any atom is 0.122 e. The molecule has 14 heavy (non-hydrogen) atoms. The van der Waals surface area contributed by atoms with E-state index in [0.717, 1.165) is 12.4 Å². The van der Waals surface area contributed by atoms with E-state index in [4.69, 9.17) is 9.47 Å². The van der Waals surface area contributed by atoms with Gasteiger partial charge in [0.2, 0.25) is 0 Å². The van der Waals surface area contributed by atoms with Gasteiger partial charge in [0.05, 0.1) is 6.61 Å². The smallest absolute Gasteiger partial charge is 0.122 e. The topological polar surface area (TPSA) is 21.8 Å². The van der Waals surface area contributed by atoms with Gasteiger partial charge in [-0.25, -0.2) is 0 Å². The van der Waals surface area contributed by atoms with Crippen LogP contribution in [0, 0.1) is 0 Å². The van der Waals surface area contributed by atoms with E-state index >= 15 is 0 Å². The molecule has 1 aromatic carbocycles. The van der Waals surface area contributed by atoms with E-state index in [1.54, 1.807) is 0 Å². The van der Waals surface area contributed by atoms with Crippen LogP contribution in [-0.4, -0.2) is 19.3 Å². The first-order valence-electron chi connectivity index (χ1n) is 5.10. The average Bonchev–Trinajstić information content (AvgIpc) is 2.98. The van der Waals surface area contributed by atoms with E-state index in [-0.39, 0.29) is 0 Å². The normalized spacial score (nSPS) is 19.8. The van der Waals surface area contributed by atoms with Gasteiger partial charge in [-0.2, -0.15) is 0 Å². The highest BCUT2D eigenvalue weighted by Gasteiger charge is 2.23. The molecule has 0 radical (unpaired) electrons. The molecule has 0 unspecified atom stereocenters. The van der Waals surface area contributed by atoms with E-state index in [9.17, 15) is 0 Å². The lowest BCUT2D eigenvalue weighted by molar-refractivity contribution is 0.260. The van der Waals surface area contributed by atoms with Crippen LogP contribution < -0.4 is 4.74 Å². The summed E-state index contributed by atoms with van der Waals surface area (Å²) in [5, 5.41) is 0. The second kappa shape index (κ2) is 4.01. The van der Waals surface area contributed by atoms with Crippen LogP contribution in [0.15, 0.2) is 24.3 Å². The van der Waals surface area contributed by atoms with Gasteiger partial charge in [0.15, 0.2) is 0 Å². The molecule has 0 saturated carbocycles. The Morgan fingerprint density at radius 2 is 2.14 bits per heavy atom. The summed E-state index contributed by atoms with van der Waals surface area (Å²) in [7, 11) is 0. The third-order valence-corrected chi connectivity index (χ3v) is 2.37. The fraction of sp³-hybridized carbons (Fsp3) is 0.500. The largest absolute Gasteiger partial charge is 0.490 e. The molecule has 1 aromatic rings. The minimum atomic E-state index is 0.329. The molecule has 76 valence electrons. The van der Waals surface area contributed by atoms with Crippen molar-refractivity contribution in [3.05, 3.63) is 29.8 Å². The van der Waals surface area contributed by atoms with E-state index in [1.165, 1.54) is 5.56 Å². The highest BCUT2D eigenvalue weighted by molar-refractivity contribution is 5.35. The third kappa shape index (κ3) is 2.26. The SMILES string of the molecule is CC(C)c1ccccc1OC[C@H]1CO1. The van der Waals surface area contributed by atoms with Crippen molar-refractivity contribution < 1.29 is 9.47 Å². The molecule has 0 bridgehead atoms. The Morgan fingerprint density at radius 3 is 2.79 bits per heavy atom. The quantitative estimate of drug-likeness (QED) is 0.684. The van der Waals surface area contributed by atoms with Crippen molar-refractivity contribution in [2.24, 2.45) is 0 Å². The van der Waals surface area contributed by atoms with Crippen LogP contribution in [0.1, 0.15) is 25.3 Å². The summed E-state index contributed by atoms with van der Waals surface area (Å²) in [6.07, 6.45) is 0.329. The van der Waals surface area contributed by atoms with Gasteiger partial charge in [0.25, 0.3) is 0 Å². The highest BCUT2D eigenvalue weighted by Crippen LogP contribution is 2.26. The van der Waals surface area contributed by atoms with Crippen molar-refractivity contribution in [1.82, 2.24) is 0 Å². The number of hydrogen-bond donors (Lipinski definition) is 0. The van der Waals surface area contributed by atoms with Crippen molar-refractivity contribution in [2.45, 2.75) is 25.9 Å². The average molecular weight is 192 g/mol. The molecule has 0 aliphatic carbocycles. The second-order valence-corrected chi connectivity index (χ2v) is 3.96. The zero-order valence-corrected chi connectivity index (χ0v) is 8.69. The molecule has 2 nitrogen and oxygen atoms in total. The lowest BCUT2D eigenvalue weighted by Gasteiger charge is -2.12. The number of hydrogen-bond acceptors (Lipinski definition) is 2. The molecule has 1 aliphatic rings. The lowest BCUT2D eigenvalue weighted by atomic mass is 10.0. The molecular weight excluding hydrogens is 176 g/mol. The van der Waals surface area contributed by atoms with Crippen LogP contribution in [0.25, 0.3) is 0 Å². The van der Waals surface area contributed by atoms with Gasteiger partial charge in [-0.05, 0) is 17.5 Å². The second-order valence-electron chi connectivity index (χ2n) is 3.96. The molecule has 2 rings (SSSR count). The van der Waals surface area contributed by atoms with Gasteiger partial charge in [-0.1, -0.05) is 32.0 Å². The standard InChI is InChI=1S/C12H16O2/c1-9(2)11-5-3-4-6-12(11)14-8-10-7-13-10/h3-6,9-10H,7-8H2,1-2H3/t10-/m1/s1. The number of benzene rings is 1. The van der Waals surface area contributed by atoms with Gasteiger partial charge >= 0.3 is 0 Å². The fourth-order valence-electron chi connectivity index (χ4n) is 1.44. The van der Waals surface area contributed by atoms with Crippen molar-refractivity contribution in [3.63, 3.8) is 0 Å². The van der Waals surface area contributed by atoms with Crippen molar-refractivity contribution in [3.8, 4) is 5.75 Å². The van der Waals surface area contributed by atoms with E-state index in [0.29, 0.717) is 18.6 Å². The van der Waals surface area contributed by atoms with Gasteiger partial charge in [-0.15, -0.1) is 0 Å². The fourth-order valence-corrected chi connectivity index (χ4v) is 1.44. The molecule has 1 heterocycles. The monoisotopic (exact) mass is 192 g/mol. The number of para-hydroxylation sites is 1. The van der Waals surface area contributed by atoms with Crippen molar-refractivity contribution in [1.29, 1.82) is 0 Å². The predicted octanol–water partition coefficient (Wildman–Crippen LogP) is 2.59. The van der Waals surface area contributed by atoms with Crippen LogP contribution in [-0.2, 0) is 4.74 Å². The van der Waals surface area contributed by atoms with Gasteiger partial charge < -0.3 is 9.47 Å². The molecule has 1 aliphatic heterocycles. The molecule has 1 atom stereocenters. The Hall–Kier alpha value is -1.02. The van der Waals surface area contributed by atoms with E-state index in [2.05, 4.69) is 26.0 Å². The molecule has 0 N–H and O–H groups in total. The first-order chi connectivity index (χ1) is 6.77. The molecule has 1 fully saturated rings. The van der Waals surface area contributed by atoms with Crippen LogP contribution in [0.4, 0.5) is 0 Å². The van der Waals surface area contributed by atoms with Gasteiger partial charge in [-0.3, -0.25) is 0 Å². The van der Waals surface area contributed by atoms with E-state index in [1.807, 2.05) is 12.1 Å². The maximum absolute atomic E-state index is 5.70. The molecule has 0 aromatic heterocycles. The van der Waals surface area contributed by atoms with Gasteiger partial charge in [0, 0.05) is 0 Å². The Kier molecular flexibility index (Phi) is 2.73. The molecule has 0 amide bonds. The Bertz CT molecular complexity index is 303. The third-order valence-electron chi connectivity index (χ3n) is 2.37. The Balaban J connectivity index is 2.05. The highest BCUT2D eigenvalue weighted by atomic mass is 16.6. The molecule has 2 heteroatoms. The zero-order chi connectivity index (χ0) is 9.97. The summed E-state index contributed by atoms with van der Waals surface area (Å²) in [5.74, 6) is 1.50. The summed E-state index contributed by atoms with van der Waals surface area (Å²) in [6, 6.07) is 8.20. The van der Waals surface area contributed by atoms with Crippen LogP contribution >= 0.6 is 0 Å². The minimum Gasteiger partial charge on any atom is -0.490 e. The molecule has 1 saturated heterocycles. The first-order valence-corrected chi connectivity index (χ1v) is 5.10. The van der Waals surface area contributed by atoms with Crippen molar-refractivity contribution in [2.75, 3.05) is 13.2 Å². The number of ether oxygens (including phenoxy) is 2. The van der Waals surface area contributed by atoms with Gasteiger partial charge in [0.1, 0.15) is 18.5 Å². The van der Waals surface area contributed by atoms with Crippen LogP contribution in [0.5, 0.6) is 5.75 Å². The number of epoxide rings is 1. The van der Waals surface area contributed by atoms with Crippen molar-refractivity contribution >= 4 is 0 Å². The van der Waals surface area contributed by atoms with Crippen LogP contribution in [0.3, 0.4) is 0 Å². The predicted molar refractivity (Wildman–Crippen MR) is 55.8 cm³/mol. The summed E-state index contributed by atoms with van der Waals surface area (Å²) in [5.41, 5.74) is 1.27. The first kappa shape index (κ1) is 9.53. The van der Waals surface area contributed by atoms with E-state index < -0.39 is 0 Å². The molecular formula is C12H16O2. The lowest BCUT2D eigenvalue weighted by Crippen LogP contribution is -2.06. The Morgan fingerprint density at radius 1 is 1.43 bits per heavy atom. The summed E-state index contributed by atoms with van der Waals surface area (Å²) >= 11 is 0. The minimum absolute atomic E-state index is 0.329. The number of rotatable bonds is 4. The summed E-state index contributed by atoms with van der Waals surface area (Å²) < 4.78 is 10.8. The maximum atomic E-state index is 5.70. The van der Waals surface area contributed by atoms with Crippen LogP contribution in [0.2, 0.25) is 0 Å².